The number of likely N-dealkylation sites (tertiary alicyclic amines) is 1. The van der Waals surface area contributed by atoms with Crippen LogP contribution >= 0.6 is 11.6 Å². The summed E-state index contributed by atoms with van der Waals surface area (Å²) in [4.78, 5) is 27.7. The van der Waals surface area contributed by atoms with Gasteiger partial charge in [-0.05, 0) is 33.6 Å². The molecule has 0 aromatic carbocycles. The number of nitro groups is 1. The number of halogens is 1. The lowest BCUT2D eigenvalue weighted by molar-refractivity contribution is -0.414. The second-order valence-corrected chi connectivity index (χ2v) is 6.29. The van der Waals surface area contributed by atoms with E-state index in [9.17, 15) is 14.9 Å². The van der Waals surface area contributed by atoms with Crippen molar-refractivity contribution >= 4 is 22.9 Å². The van der Waals surface area contributed by atoms with Crippen molar-refractivity contribution in [3.05, 3.63) is 22.0 Å². The highest BCUT2D eigenvalue weighted by atomic mass is 35.5. The normalized spacial score (nSPS) is 18.3. The molecule has 0 aromatic rings. The fourth-order valence-corrected chi connectivity index (χ4v) is 2.21. The quantitative estimate of drug-likeness (QED) is 0.483. The van der Waals surface area contributed by atoms with Gasteiger partial charge in [0.05, 0.1) is 17.2 Å². The molecule has 1 aliphatic heterocycles. The zero-order valence-corrected chi connectivity index (χ0v) is 13.7. The van der Waals surface area contributed by atoms with Crippen molar-refractivity contribution in [2.75, 3.05) is 13.1 Å². The first-order valence-corrected chi connectivity index (χ1v) is 7.29. The van der Waals surface area contributed by atoms with Gasteiger partial charge in [-0.3, -0.25) is 15.1 Å². The molecule has 1 fully saturated rings. The molecular formula is C13H21ClN4O4. The molecule has 0 aliphatic carbocycles. The molecule has 0 radical (unpaired) electrons. The Morgan fingerprint density at radius 3 is 2.41 bits per heavy atom. The van der Waals surface area contributed by atoms with Gasteiger partial charge < -0.3 is 15.4 Å². The molecule has 124 valence electrons. The third kappa shape index (κ3) is 5.51. The van der Waals surface area contributed by atoms with Gasteiger partial charge in [-0.25, -0.2) is 4.79 Å². The van der Waals surface area contributed by atoms with Crippen molar-refractivity contribution in [3.8, 4) is 0 Å². The third-order valence-corrected chi connectivity index (χ3v) is 3.27. The zero-order valence-electron chi connectivity index (χ0n) is 12.9. The van der Waals surface area contributed by atoms with Crippen LogP contribution < -0.4 is 5.73 Å². The van der Waals surface area contributed by atoms with E-state index in [0.717, 1.165) is 6.20 Å². The van der Waals surface area contributed by atoms with Crippen molar-refractivity contribution in [3.63, 3.8) is 0 Å². The maximum Gasteiger partial charge on any atom is 0.410 e. The molecule has 0 aromatic heterocycles. The molecule has 0 spiro atoms. The largest absolute Gasteiger partial charge is 0.444 e. The lowest BCUT2D eigenvalue weighted by atomic mass is 10.1. The van der Waals surface area contributed by atoms with Crippen LogP contribution in [0.15, 0.2) is 16.9 Å². The third-order valence-electron chi connectivity index (χ3n) is 2.98. The molecule has 1 heterocycles. The van der Waals surface area contributed by atoms with Gasteiger partial charge in [-0.1, -0.05) is 11.6 Å². The van der Waals surface area contributed by atoms with E-state index in [1.54, 1.807) is 25.7 Å². The summed E-state index contributed by atoms with van der Waals surface area (Å²) in [6.07, 6.45) is 1.58. The van der Waals surface area contributed by atoms with Crippen molar-refractivity contribution in [2.24, 2.45) is 10.7 Å². The van der Waals surface area contributed by atoms with Crippen LogP contribution in [0.5, 0.6) is 0 Å². The predicted octanol–water partition coefficient (Wildman–Crippen LogP) is 2.10. The summed E-state index contributed by atoms with van der Waals surface area (Å²) >= 11 is 5.82. The van der Waals surface area contributed by atoms with Gasteiger partial charge >= 0.3 is 11.8 Å². The highest BCUT2D eigenvalue weighted by Crippen LogP contribution is 2.18. The highest BCUT2D eigenvalue weighted by molar-refractivity contribution is 6.69. The number of rotatable bonds is 3. The van der Waals surface area contributed by atoms with Crippen LogP contribution in [0, 0.1) is 10.1 Å². The first-order chi connectivity index (χ1) is 10.1. The number of hydrogen-bond donors (Lipinski definition) is 1. The Kier molecular flexibility index (Phi) is 6.16. The van der Waals surface area contributed by atoms with Gasteiger partial charge in [0.15, 0.2) is 0 Å². The Morgan fingerprint density at radius 1 is 1.45 bits per heavy atom. The van der Waals surface area contributed by atoms with E-state index in [-0.39, 0.29) is 17.3 Å². The van der Waals surface area contributed by atoms with Gasteiger partial charge in [0.25, 0.3) is 0 Å². The Balaban J connectivity index is 2.59. The smallest absolute Gasteiger partial charge is 0.410 e. The molecule has 9 heteroatoms. The summed E-state index contributed by atoms with van der Waals surface area (Å²) in [6.45, 7) is 6.35. The monoisotopic (exact) mass is 332 g/mol. The summed E-state index contributed by atoms with van der Waals surface area (Å²) in [6, 6.07) is -0.180. The molecule has 1 rings (SSSR count). The van der Waals surface area contributed by atoms with Crippen molar-refractivity contribution in [1.82, 2.24) is 4.90 Å². The second-order valence-electron chi connectivity index (χ2n) is 5.93. The predicted molar refractivity (Wildman–Crippen MR) is 83.4 cm³/mol. The molecule has 0 bridgehead atoms. The van der Waals surface area contributed by atoms with Crippen molar-refractivity contribution < 1.29 is 14.5 Å². The van der Waals surface area contributed by atoms with E-state index in [0.29, 0.717) is 25.9 Å². The maximum absolute atomic E-state index is 11.9. The molecule has 0 unspecified atom stereocenters. The van der Waals surface area contributed by atoms with E-state index in [4.69, 9.17) is 22.1 Å². The summed E-state index contributed by atoms with van der Waals surface area (Å²) in [7, 11) is 0. The molecule has 1 aliphatic rings. The summed E-state index contributed by atoms with van der Waals surface area (Å²) in [5, 5.41) is 10.5. The van der Waals surface area contributed by atoms with Crippen LogP contribution in [0.4, 0.5) is 4.79 Å². The number of amides is 1. The van der Waals surface area contributed by atoms with Crippen molar-refractivity contribution in [2.45, 2.75) is 45.3 Å². The molecule has 22 heavy (non-hydrogen) atoms. The molecule has 8 nitrogen and oxygen atoms in total. The molecular weight excluding hydrogens is 312 g/mol. The minimum Gasteiger partial charge on any atom is -0.444 e. The average Bonchev–Trinajstić information content (AvgIpc) is 2.37. The molecule has 1 saturated heterocycles. The fourth-order valence-electron chi connectivity index (χ4n) is 1.94. The fraction of sp³-hybridized carbons (Fsp3) is 0.692. The maximum atomic E-state index is 11.9. The van der Waals surface area contributed by atoms with Gasteiger partial charge in [0, 0.05) is 13.1 Å². The molecule has 1 amide bonds. The standard InChI is InChI=1S/C13H21ClN4O4/c1-13(2,3)22-12(19)17-6-4-9(5-7-17)16-11(14)10(8-15)18(20)21/h8-9H,4-7,15H2,1-3H3. The van der Waals surface area contributed by atoms with Gasteiger partial charge in [0.2, 0.25) is 5.17 Å². The van der Waals surface area contributed by atoms with Gasteiger partial charge in [-0.2, -0.15) is 0 Å². The lowest BCUT2D eigenvalue weighted by Gasteiger charge is -2.32. The van der Waals surface area contributed by atoms with E-state index < -0.39 is 16.2 Å². The Bertz CT molecular complexity index is 491. The molecule has 2 N–H and O–H groups in total. The van der Waals surface area contributed by atoms with Crippen LogP contribution in [0.2, 0.25) is 0 Å². The summed E-state index contributed by atoms with van der Waals surface area (Å²) in [5.41, 5.74) is 4.20. The zero-order chi connectivity index (χ0) is 16.9. The summed E-state index contributed by atoms with van der Waals surface area (Å²) < 4.78 is 5.29. The van der Waals surface area contributed by atoms with E-state index in [2.05, 4.69) is 4.99 Å². The van der Waals surface area contributed by atoms with Gasteiger partial charge in [0.1, 0.15) is 5.60 Å². The molecule has 0 saturated carbocycles. The number of carbonyl (C=O) groups is 1. The lowest BCUT2D eigenvalue weighted by Crippen LogP contribution is -2.42. The number of carbonyl (C=O) groups excluding carboxylic acids is 1. The van der Waals surface area contributed by atoms with Crippen LogP contribution in [-0.2, 0) is 4.74 Å². The van der Waals surface area contributed by atoms with Gasteiger partial charge in [-0.15, -0.1) is 0 Å². The number of piperidine rings is 1. The topological polar surface area (TPSA) is 111 Å². The summed E-state index contributed by atoms with van der Waals surface area (Å²) in [5.74, 6) is 0. The minimum absolute atomic E-state index is 0.180. The van der Waals surface area contributed by atoms with Crippen LogP contribution in [0.1, 0.15) is 33.6 Å². The van der Waals surface area contributed by atoms with Crippen LogP contribution in [0.3, 0.4) is 0 Å². The second kappa shape index (κ2) is 7.44. The minimum atomic E-state index is -0.679. The van der Waals surface area contributed by atoms with E-state index in [1.807, 2.05) is 0 Å². The van der Waals surface area contributed by atoms with Crippen LogP contribution in [-0.4, -0.2) is 45.8 Å². The average molecular weight is 333 g/mol. The molecule has 0 atom stereocenters. The number of ether oxygens (including phenoxy) is 1. The Labute approximate surface area is 134 Å². The number of allylic oxidation sites excluding steroid dienone is 1. The number of nitrogens with zero attached hydrogens (tertiary/aromatic N) is 3. The van der Waals surface area contributed by atoms with Crippen LogP contribution in [0.25, 0.3) is 0 Å². The first kappa shape index (κ1) is 18.2. The number of nitrogens with two attached hydrogens (primary N) is 1. The Morgan fingerprint density at radius 2 is 2.00 bits per heavy atom. The van der Waals surface area contributed by atoms with E-state index >= 15 is 0 Å². The highest BCUT2D eigenvalue weighted by Gasteiger charge is 2.27. The van der Waals surface area contributed by atoms with E-state index in [1.165, 1.54) is 0 Å². The number of hydrogen-bond acceptors (Lipinski definition) is 6. The first-order valence-electron chi connectivity index (χ1n) is 6.92. The SMILES string of the molecule is CC(C)(C)OC(=O)N1CCC(N=C(Cl)C(=CN)[N+](=O)[O-])CC1. The Hall–Kier alpha value is -1.83. The van der Waals surface area contributed by atoms with Crippen molar-refractivity contribution in [1.29, 1.82) is 0 Å². The number of aliphatic imine (C=N–C) groups is 1.